The molecule has 0 spiro atoms. The van der Waals surface area contributed by atoms with Crippen molar-refractivity contribution in [3.8, 4) is 11.1 Å². The number of hydrogen-bond acceptors (Lipinski definition) is 2. The van der Waals surface area contributed by atoms with E-state index in [0.717, 1.165) is 42.6 Å². The number of nitrogens with zero attached hydrogens (tertiary/aromatic N) is 1. The molecule has 0 unspecified atom stereocenters. The Morgan fingerprint density at radius 1 is 1.04 bits per heavy atom. The summed E-state index contributed by atoms with van der Waals surface area (Å²) in [5, 5.41) is 0. The van der Waals surface area contributed by atoms with Gasteiger partial charge in [0.1, 0.15) is 0 Å². The highest BCUT2D eigenvalue weighted by Crippen LogP contribution is 2.36. The molecule has 116 valence electrons. The van der Waals surface area contributed by atoms with E-state index in [-0.39, 0.29) is 0 Å². The van der Waals surface area contributed by atoms with E-state index in [4.69, 9.17) is 5.73 Å². The number of rotatable bonds is 2. The van der Waals surface area contributed by atoms with Crippen LogP contribution in [0.5, 0.6) is 0 Å². The zero-order chi connectivity index (χ0) is 15.8. The van der Waals surface area contributed by atoms with Gasteiger partial charge < -0.3 is 5.73 Å². The molecule has 1 heterocycles. The Labute approximate surface area is 137 Å². The summed E-state index contributed by atoms with van der Waals surface area (Å²) in [6.07, 6.45) is 12.2. The Morgan fingerprint density at radius 2 is 1.91 bits per heavy atom. The van der Waals surface area contributed by atoms with E-state index in [0.29, 0.717) is 0 Å². The smallest absolute Gasteiger partial charge is 0.0707 e. The molecule has 0 saturated carbocycles. The molecular weight excluding hydrogens is 280 g/mol. The highest BCUT2D eigenvalue weighted by Gasteiger charge is 2.17. The monoisotopic (exact) mass is 302 g/mol. The lowest BCUT2D eigenvalue weighted by molar-refractivity contribution is 0.912. The lowest BCUT2D eigenvalue weighted by atomic mass is 9.93. The molecule has 0 atom stereocenters. The quantitative estimate of drug-likeness (QED) is 0.798. The van der Waals surface area contributed by atoms with Crippen LogP contribution in [0.2, 0.25) is 0 Å². The van der Waals surface area contributed by atoms with Crippen LogP contribution < -0.4 is 5.73 Å². The molecular formula is C21H22N2. The van der Waals surface area contributed by atoms with Crippen LogP contribution >= 0.6 is 0 Å². The SMILES string of the molecule is CC1=CCCC=C1c1cc(-c2ccc3c(c2N)CCC3)ccn1. The first kappa shape index (κ1) is 14.3. The van der Waals surface area contributed by atoms with Gasteiger partial charge in [-0.15, -0.1) is 0 Å². The lowest BCUT2D eigenvalue weighted by Gasteiger charge is -2.15. The van der Waals surface area contributed by atoms with Crippen molar-refractivity contribution < 1.29 is 0 Å². The Kier molecular flexibility index (Phi) is 3.53. The number of benzene rings is 1. The van der Waals surface area contributed by atoms with E-state index >= 15 is 0 Å². The second-order valence-corrected chi connectivity index (χ2v) is 6.53. The van der Waals surface area contributed by atoms with Gasteiger partial charge in [-0.25, -0.2) is 0 Å². The van der Waals surface area contributed by atoms with Crippen LogP contribution in [0.1, 0.15) is 43.0 Å². The summed E-state index contributed by atoms with van der Waals surface area (Å²) >= 11 is 0. The predicted octanol–water partition coefficient (Wildman–Crippen LogP) is 4.94. The second kappa shape index (κ2) is 5.69. The molecule has 2 aliphatic carbocycles. The molecule has 0 fully saturated rings. The van der Waals surface area contributed by atoms with Crippen LogP contribution in [0, 0.1) is 0 Å². The van der Waals surface area contributed by atoms with Gasteiger partial charge in [-0.2, -0.15) is 0 Å². The van der Waals surface area contributed by atoms with Crippen molar-refractivity contribution in [2.24, 2.45) is 0 Å². The van der Waals surface area contributed by atoms with Crippen LogP contribution in [0.25, 0.3) is 16.7 Å². The van der Waals surface area contributed by atoms with Crippen molar-refractivity contribution in [1.82, 2.24) is 4.98 Å². The van der Waals surface area contributed by atoms with E-state index in [1.165, 1.54) is 34.3 Å². The number of aryl methyl sites for hydroxylation is 1. The van der Waals surface area contributed by atoms with Gasteiger partial charge >= 0.3 is 0 Å². The Balaban J connectivity index is 1.78. The standard InChI is InChI=1S/C21H22N2/c1-14-5-2-3-7-17(14)20-13-16(11-12-23-20)19-10-9-15-6-4-8-18(15)21(19)22/h5,7,9-13H,2-4,6,8,22H2,1H3. The van der Waals surface area contributed by atoms with Crippen LogP contribution in [0.3, 0.4) is 0 Å². The van der Waals surface area contributed by atoms with Gasteiger partial charge in [-0.1, -0.05) is 24.3 Å². The second-order valence-electron chi connectivity index (χ2n) is 6.53. The molecule has 0 radical (unpaired) electrons. The van der Waals surface area contributed by atoms with Gasteiger partial charge in [0.2, 0.25) is 0 Å². The minimum Gasteiger partial charge on any atom is -0.398 e. The summed E-state index contributed by atoms with van der Waals surface area (Å²) in [4.78, 5) is 4.59. The van der Waals surface area contributed by atoms with Gasteiger partial charge in [0, 0.05) is 17.4 Å². The molecule has 0 amide bonds. The first-order valence-corrected chi connectivity index (χ1v) is 8.48. The van der Waals surface area contributed by atoms with E-state index < -0.39 is 0 Å². The van der Waals surface area contributed by atoms with Crippen molar-refractivity contribution >= 4 is 11.3 Å². The maximum atomic E-state index is 6.48. The van der Waals surface area contributed by atoms with Crippen LogP contribution in [0.4, 0.5) is 5.69 Å². The number of aromatic nitrogens is 1. The van der Waals surface area contributed by atoms with Crippen molar-refractivity contribution in [3.05, 3.63) is 65.0 Å². The van der Waals surface area contributed by atoms with Gasteiger partial charge in [0.25, 0.3) is 0 Å². The molecule has 2 heteroatoms. The lowest BCUT2D eigenvalue weighted by Crippen LogP contribution is -1.99. The fourth-order valence-electron chi connectivity index (χ4n) is 3.80. The van der Waals surface area contributed by atoms with E-state index in [1.54, 1.807) is 0 Å². The highest BCUT2D eigenvalue weighted by atomic mass is 14.7. The third-order valence-electron chi connectivity index (χ3n) is 5.06. The predicted molar refractivity (Wildman–Crippen MR) is 97.1 cm³/mol. The molecule has 4 rings (SSSR count). The summed E-state index contributed by atoms with van der Waals surface area (Å²) in [5.74, 6) is 0. The summed E-state index contributed by atoms with van der Waals surface area (Å²) < 4.78 is 0. The summed E-state index contributed by atoms with van der Waals surface area (Å²) in [7, 11) is 0. The third kappa shape index (κ3) is 2.48. The number of allylic oxidation sites excluding steroid dienone is 4. The van der Waals surface area contributed by atoms with Gasteiger partial charge in [0.15, 0.2) is 0 Å². The molecule has 2 aliphatic rings. The zero-order valence-electron chi connectivity index (χ0n) is 13.6. The normalized spacial score (nSPS) is 16.7. The largest absolute Gasteiger partial charge is 0.398 e. The first-order valence-electron chi connectivity index (χ1n) is 8.48. The van der Waals surface area contributed by atoms with E-state index in [1.807, 2.05) is 6.20 Å². The Bertz CT molecular complexity index is 828. The average molecular weight is 302 g/mol. The summed E-state index contributed by atoms with van der Waals surface area (Å²) in [6.45, 7) is 2.17. The molecule has 1 aromatic heterocycles. The van der Waals surface area contributed by atoms with Crippen LogP contribution in [-0.2, 0) is 12.8 Å². The summed E-state index contributed by atoms with van der Waals surface area (Å²) in [5.41, 5.74) is 16.2. The first-order chi connectivity index (χ1) is 11.2. The van der Waals surface area contributed by atoms with Crippen molar-refractivity contribution in [3.63, 3.8) is 0 Å². The Hall–Kier alpha value is -2.35. The topological polar surface area (TPSA) is 38.9 Å². The number of hydrogen-bond donors (Lipinski definition) is 1. The number of nitrogen functional groups attached to an aromatic ring is 1. The van der Waals surface area contributed by atoms with Gasteiger partial charge in [-0.05, 0) is 79.0 Å². The number of anilines is 1. The van der Waals surface area contributed by atoms with Gasteiger partial charge in [0.05, 0.1) is 5.69 Å². The molecule has 0 bridgehead atoms. The molecule has 2 nitrogen and oxygen atoms in total. The number of nitrogens with two attached hydrogens (primary N) is 1. The maximum absolute atomic E-state index is 6.48. The van der Waals surface area contributed by atoms with Gasteiger partial charge in [-0.3, -0.25) is 4.98 Å². The van der Waals surface area contributed by atoms with Crippen LogP contribution in [0.15, 0.2) is 48.2 Å². The average Bonchev–Trinajstić information content (AvgIpc) is 3.05. The summed E-state index contributed by atoms with van der Waals surface area (Å²) in [6, 6.07) is 8.68. The zero-order valence-corrected chi connectivity index (χ0v) is 13.6. The highest BCUT2D eigenvalue weighted by molar-refractivity contribution is 5.84. The fraction of sp³-hybridized carbons (Fsp3) is 0.286. The Morgan fingerprint density at radius 3 is 2.78 bits per heavy atom. The van der Waals surface area contributed by atoms with Crippen molar-refractivity contribution in [1.29, 1.82) is 0 Å². The molecule has 0 saturated heterocycles. The van der Waals surface area contributed by atoms with Crippen molar-refractivity contribution in [2.75, 3.05) is 5.73 Å². The minimum absolute atomic E-state index is 0.960. The number of pyridine rings is 1. The third-order valence-corrected chi connectivity index (χ3v) is 5.06. The molecule has 1 aromatic carbocycles. The van der Waals surface area contributed by atoms with E-state index in [2.05, 4.69) is 48.3 Å². The molecule has 2 N–H and O–H groups in total. The van der Waals surface area contributed by atoms with Crippen LogP contribution in [-0.4, -0.2) is 4.98 Å². The molecule has 23 heavy (non-hydrogen) atoms. The minimum atomic E-state index is 0.960. The van der Waals surface area contributed by atoms with E-state index in [9.17, 15) is 0 Å². The van der Waals surface area contributed by atoms with Crippen molar-refractivity contribution in [2.45, 2.75) is 39.0 Å². The fourth-order valence-corrected chi connectivity index (χ4v) is 3.80. The maximum Gasteiger partial charge on any atom is 0.0707 e. The molecule has 0 aliphatic heterocycles. The number of fused-ring (bicyclic) bond motifs is 1. The molecule has 2 aromatic rings.